The van der Waals surface area contributed by atoms with Gasteiger partial charge in [0.2, 0.25) is 0 Å². The van der Waals surface area contributed by atoms with E-state index >= 15 is 0 Å². The summed E-state index contributed by atoms with van der Waals surface area (Å²) in [6.45, 7) is 6.53. The summed E-state index contributed by atoms with van der Waals surface area (Å²) in [6.07, 6.45) is 8.02. The summed E-state index contributed by atoms with van der Waals surface area (Å²) in [7, 11) is 0. The largest absolute Gasteiger partial charge is 0.483 e. The molecule has 106 valence electrons. The number of hydrogen-bond acceptors (Lipinski definition) is 3. The zero-order valence-corrected chi connectivity index (χ0v) is 11.9. The lowest BCUT2D eigenvalue weighted by atomic mass is 9.57. The molecule has 0 saturated heterocycles. The Labute approximate surface area is 110 Å². The lowest BCUT2D eigenvalue weighted by molar-refractivity contribution is -0.122. The number of hydrogen-bond donors (Lipinski definition) is 3. The molecular weight excluding hydrogens is 228 g/mol. The molecule has 4 heteroatoms. The predicted molar refractivity (Wildman–Crippen MR) is 73.5 cm³/mol. The van der Waals surface area contributed by atoms with Crippen LogP contribution in [0.1, 0.15) is 59.3 Å². The van der Waals surface area contributed by atoms with Crippen LogP contribution in [0.2, 0.25) is 0 Å². The molecule has 0 aromatic carbocycles. The first-order valence-electron chi connectivity index (χ1n) is 6.91. The number of nitrogens with one attached hydrogen (secondary N) is 1. The molecule has 0 aliphatic heterocycles. The SMILES string of the molecule is CC(C)(C)NC1CC2(CCC(N)CC2)C1.O=CO. The van der Waals surface area contributed by atoms with Crippen LogP contribution in [0.15, 0.2) is 0 Å². The molecule has 2 rings (SSSR count). The van der Waals surface area contributed by atoms with Gasteiger partial charge in [0.15, 0.2) is 0 Å². The van der Waals surface area contributed by atoms with E-state index in [4.69, 9.17) is 15.6 Å². The Kier molecular flexibility index (Phi) is 5.17. The Morgan fingerprint density at radius 1 is 1.28 bits per heavy atom. The second kappa shape index (κ2) is 6.02. The Bertz CT molecular complexity index is 257. The highest BCUT2D eigenvalue weighted by Crippen LogP contribution is 2.51. The van der Waals surface area contributed by atoms with E-state index in [1.165, 1.54) is 38.5 Å². The van der Waals surface area contributed by atoms with Crippen molar-refractivity contribution < 1.29 is 9.90 Å². The van der Waals surface area contributed by atoms with E-state index in [2.05, 4.69) is 26.1 Å². The topological polar surface area (TPSA) is 75.3 Å². The molecule has 0 radical (unpaired) electrons. The Morgan fingerprint density at radius 2 is 1.72 bits per heavy atom. The van der Waals surface area contributed by atoms with E-state index in [1.54, 1.807) is 0 Å². The zero-order chi connectivity index (χ0) is 13.8. The molecule has 0 heterocycles. The average Bonchev–Trinajstić information content (AvgIpc) is 2.18. The Hall–Kier alpha value is -0.610. The number of rotatable bonds is 1. The number of carbonyl (C=O) groups is 1. The van der Waals surface area contributed by atoms with E-state index in [0.29, 0.717) is 11.5 Å². The fourth-order valence-corrected chi connectivity index (χ4v) is 3.36. The molecule has 0 amide bonds. The van der Waals surface area contributed by atoms with Gasteiger partial charge in [-0.25, -0.2) is 0 Å². The fraction of sp³-hybridized carbons (Fsp3) is 0.929. The second-order valence-corrected chi connectivity index (χ2v) is 6.94. The lowest BCUT2D eigenvalue weighted by Crippen LogP contribution is -2.56. The van der Waals surface area contributed by atoms with Crippen LogP contribution in [0.25, 0.3) is 0 Å². The molecule has 18 heavy (non-hydrogen) atoms. The molecular formula is C14H28N2O2. The van der Waals surface area contributed by atoms with Crippen molar-refractivity contribution in [2.24, 2.45) is 11.1 Å². The van der Waals surface area contributed by atoms with Gasteiger partial charge in [0.25, 0.3) is 6.47 Å². The maximum Gasteiger partial charge on any atom is 0.290 e. The van der Waals surface area contributed by atoms with E-state index in [9.17, 15) is 0 Å². The van der Waals surface area contributed by atoms with Crippen molar-refractivity contribution in [3.05, 3.63) is 0 Å². The van der Waals surface area contributed by atoms with Crippen LogP contribution in [-0.2, 0) is 4.79 Å². The van der Waals surface area contributed by atoms with Gasteiger partial charge in [-0.2, -0.15) is 0 Å². The maximum absolute atomic E-state index is 8.36. The van der Waals surface area contributed by atoms with Gasteiger partial charge in [-0.3, -0.25) is 4.79 Å². The van der Waals surface area contributed by atoms with Crippen molar-refractivity contribution in [3.8, 4) is 0 Å². The van der Waals surface area contributed by atoms with Gasteiger partial charge in [-0.1, -0.05) is 0 Å². The van der Waals surface area contributed by atoms with E-state index in [1.807, 2.05) is 0 Å². The fourth-order valence-electron chi connectivity index (χ4n) is 3.36. The molecule has 0 aromatic rings. The van der Waals surface area contributed by atoms with Gasteiger partial charge in [-0.15, -0.1) is 0 Å². The maximum atomic E-state index is 8.36. The molecule has 1 spiro atoms. The van der Waals surface area contributed by atoms with Crippen LogP contribution < -0.4 is 11.1 Å². The first-order chi connectivity index (χ1) is 8.30. The molecule has 0 atom stereocenters. The van der Waals surface area contributed by atoms with Gasteiger partial charge in [0, 0.05) is 17.6 Å². The normalized spacial score (nSPS) is 35.3. The number of carboxylic acid groups (broad SMARTS) is 1. The van der Waals surface area contributed by atoms with Crippen LogP contribution in [0, 0.1) is 5.41 Å². The molecule has 2 saturated carbocycles. The first kappa shape index (κ1) is 15.4. The summed E-state index contributed by atoms with van der Waals surface area (Å²) < 4.78 is 0. The summed E-state index contributed by atoms with van der Waals surface area (Å²) in [6, 6.07) is 1.25. The highest BCUT2D eigenvalue weighted by atomic mass is 16.3. The van der Waals surface area contributed by atoms with Crippen LogP contribution >= 0.6 is 0 Å². The van der Waals surface area contributed by atoms with Gasteiger partial charge < -0.3 is 16.2 Å². The quantitative estimate of drug-likeness (QED) is 0.628. The number of nitrogens with two attached hydrogens (primary N) is 1. The molecule has 2 aliphatic rings. The molecule has 2 fully saturated rings. The van der Waals surface area contributed by atoms with Crippen LogP contribution in [0.4, 0.5) is 0 Å². The molecule has 4 N–H and O–H groups in total. The molecule has 4 nitrogen and oxygen atoms in total. The van der Waals surface area contributed by atoms with Crippen LogP contribution in [0.3, 0.4) is 0 Å². The summed E-state index contributed by atoms with van der Waals surface area (Å²) in [5.41, 5.74) is 6.91. The van der Waals surface area contributed by atoms with Gasteiger partial charge in [-0.05, 0) is 64.7 Å². The first-order valence-corrected chi connectivity index (χ1v) is 6.91. The average molecular weight is 256 g/mol. The molecule has 0 unspecified atom stereocenters. The van der Waals surface area contributed by atoms with E-state index in [0.717, 1.165) is 6.04 Å². The molecule has 2 aliphatic carbocycles. The summed E-state index contributed by atoms with van der Waals surface area (Å²) >= 11 is 0. The third-order valence-corrected chi connectivity index (χ3v) is 4.09. The van der Waals surface area contributed by atoms with Crippen LogP contribution in [0.5, 0.6) is 0 Å². The van der Waals surface area contributed by atoms with Crippen molar-refractivity contribution in [2.45, 2.75) is 76.9 Å². The molecule has 0 bridgehead atoms. The Balaban J connectivity index is 0.000000492. The lowest BCUT2D eigenvalue weighted by Gasteiger charge is -2.53. The summed E-state index contributed by atoms with van der Waals surface area (Å²) in [4.78, 5) is 8.36. The summed E-state index contributed by atoms with van der Waals surface area (Å²) in [5, 5.41) is 10.6. The van der Waals surface area contributed by atoms with Crippen molar-refractivity contribution in [1.82, 2.24) is 5.32 Å². The minimum absolute atomic E-state index is 0.250. The van der Waals surface area contributed by atoms with Crippen molar-refractivity contribution >= 4 is 6.47 Å². The van der Waals surface area contributed by atoms with Gasteiger partial charge >= 0.3 is 0 Å². The van der Waals surface area contributed by atoms with E-state index in [-0.39, 0.29) is 12.0 Å². The minimum atomic E-state index is -0.250. The van der Waals surface area contributed by atoms with Gasteiger partial charge in [0.05, 0.1) is 0 Å². The minimum Gasteiger partial charge on any atom is -0.483 e. The third-order valence-electron chi connectivity index (χ3n) is 4.09. The van der Waals surface area contributed by atoms with Crippen LogP contribution in [-0.4, -0.2) is 29.2 Å². The van der Waals surface area contributed by atoms with Crippen molar-refractivity contribution in [1.29, 1.82) is 0 Å². The zero-order valence-electron chi connectivity index (χ0n) is 11.9. The highest BCUT2D eigenvalue weighted by Gasteiger charge is 2.46. The second-order valence-electron chi connectivity index (χ2n) is 6.94. The third kappa shape index (κ3) is 4.58. The standard InChI is InChI=1S/C13H26N2.CH2O2/c1-12(2,3)15-11-8-13(9-11)6-4-10(14)5-7-13;2-1-3/h10-11,15H,4-9,14H2,1-3H3;1H,(H,2,3). The monoisotopic (exact) mass is 256 g/mol. The van der Waals surface area contributed by atoms with Gasteiger partial charge in [0.1, 0.15) is 0 Å². The molecule has 0 aromatic heterocycles. The predicted octanol–water partition coefficient (Wildman–Crippen LogP) is 2.13. The summed E-state index contributed by atoms with van der Waals surface area (Å²) in [5.74, 6) is 0. The van der Waals surface area contributed by atoms with E-state index < -0.39 is 0 Å². The van der Waals surface area contributed by atoms with Crippen molar-refractivity contribution in [2.75, 3.05) is 0 Å². The smallest absolute Gasteiger partial charge is 0.290 e. The highest BCUT2D eigenvalue weighted by molar-refractivity contribution is 5.32. The Morgan fingerprint density at radius 3 is 2.11 bits per heavy atom. The van der Waals surface area contributed by atoms with Crippen molar-refractivity contribution in [3.63, 3.8) is 0 Å².